The lowest BCUT2D eigenvalue weighted by Gasteiger charge is -2.33. The molecule has 170 valence electrons. The van der Waals surface area contributed by atoms with Gasteiger partial charge in [-0.2, -0.15) is 0 Å². The molecule has 8 heteroatoms. The van der Waals surface area contributed by atoms with Crippen LogP contribution in [0, 0.1) is 27.7 Å². The Labute approximate surface area is 207 Å². The van der Waals surface area contributed by atoms with Gasteiger partial charge in [0.1, 0.15) is 11.5 Å². The van der Waals surface area contributed by atoms with E-state index in [-0.39, 0.29) is 39.3 Å². The van der Waals surface area contributed by atoms with Gasteiger partial charge in [0.25, 0.3) is 0 Å². The molecule has 1 aliphatic rings. The van der Waals surface area contributed by atoms with E-state index in [1.165, 1.54) is 12.1 Å². The first-order chi connectivity index (χ1) is 15.4. The van der Waals surface area contributed by atoms with Crippen LogP contribution in [0.4, 0.5) is 0 Å². The number of carbonyl (C=O) groups is 2. The van der Waals surface area contributed by atoms with Gasteiger partial charge < -0.3 is 20.1 Å². The number of ether oxygens (including phenoxy) is 1. The number of phenols is 2. The molecule has 0 fully saturated rings. The number of hydrogen-bond acceptors (Lipinski definition) is 5. The van der Waals surface area contributed by atoms with Gasteiger partial charge in [0.05, 0.1) is 11.1 Å². The lowest BCUT2D eigenvalue weighted by molar-refractivity contribution is 0.0236. The summed E-state index contributed by atoms with van der Waals surface area (Å²) in [5.41, 5.74) is 1.21. The average molecular weight is 576 g/mol. The molecule has 0 aromatic heterocycles. The molecule has 3 aromatic rings. The third kappa shape index (κ3) is 3.19. The smallest absolute Gasteiger partial charge is 0.341 e. The maximum atomic E-state index is 13.2. The Bertz CT molecular complexity index is 1310. The SMILES string of the molecule is Cc1c(Br)cc(C2(c3cc(Br)c(C)c(C)c3O)OC(=O)c3c(C(=O)O)cccc32)c(O)c1C. The molecular weight excluding hydrogens is 556 g/mol. The number of phenolic OH excluding ortho intramolecular Hbond substituents is 2. The molecule has 0 radical (unpaired) electrons. The number of esters is 1. The molecule has 6 nitrogen and oxygen atoms in total. The molecule has 1 aliphatic heterocycles. The lowest BCUT2D eigenvalue weighted by Crippen LogP contribution is -2.30. The first kappa shape index (κ1) is 23.3. The highest BCUT2D eigenvalue weighted by atomic mass is 79.9. The second kappa shape index (κ2) is 7.88. The van der Waals surface area contributed by atoms with Gasteiger partial charge in [-0.25, -0.2) is 9.59 Å². The van der Waals surface area contributed by atoms with Crippen molar-refractivity contribution in [3.63, 3.8) is 0 Å². The number of cyclic esters (lactones) is 1. The second-order valence-corrected chi connectivity index (χ2v) is 9.82. The molecule has 3 aromatic carbocycles. The zero-order valence-corrected chi connectivity index (χ0v) is 21.4. The number of benzene rings is 3. The summed E-state index contributed by atoms with van der Waals surface area (Å²) < 4.78 is 7.30. The molecule has 4 rings (SSSR count). The summed E-state index contributed by atoms with van der Waals surface area (Å²) in [5, 5.41) is 32.2. The largest absolute Gasteiger partial charge is 0.507 e. The van der Waals surface area contributed by atoms with Crippen molar-refractivity contribution in [1.82, 2.24) is 0 Å². The quantitative estimate of drug-likeness (QED) is 0.330. The van der Waals surface area contributed by atoms with Crippen LogP contribution in [0.5, 0.6) is 11.5 Å². The van der Waals surface area contributed by atoms with Crippen LogP contribution < -0.4 is 0 Å². The topological polar surface area (TPSA) is 104 Å². The summed E-state index contributed by atoms with van der Waals surface area (Å²) in [6.07, 6.45) is 0. The van der Waals surface area contributed by atoms with E-state index in [9.17, 15) is 24.9 Å². The van der Waals surface area contributed by atoms with Crippen LogP contribution in [-0.2, 0) is 10.3 Å². The third-order valence-corrected chi connectivity index (χ3v) is 8.13. The summed E-state index contributed by atoms with van der Waals surface area (Å²) in [6, 6.07) is 7.69. The summed E-state index contributed by atoms with van der Waals surface area (Å²) in [4.78, 5) is 25.1. The number of halogens is 2. The van der Waals surface area contributed by atoms with Crippen LogP contribution in [0.15, 0.2) is 39.3 Å². The maximum absolute atomic E-state index is 13.2. The van der Waals surface area contributed by atoms with Crippen LogP contribution in [0.2, 0.25) is 0 Å². The number of hydrogen-bond donors (Lipinski definition) is 3. The van der Waals surface area contributed by atoms with E-state index in [1.807, 2.05) is 13.8 Å². The van der Waals surface area contributed by atoms with Crippen LogP contribution in [0.3, 0.4) is 0 Å². The molecule has 0 bridgehead atoms. The van der Waals surface area contributed by atoms with Crippen LogP contribution in [0.1, 0.15) is 59.7 Å². The number of aromatic carboxylic acids is 1. The fourth-order valence-corrected chi connectivity index (χ4v) is 5.35. The van der Waals surface area contributed by atoms with Crippen LogP contribution in [0.25, 0.3) is 0 Å². The van der Waals surface area contributed by atoms with Crippen molar-refractivity contribution >= 4 is 43.8 Å². The van der Waals surface area contributed by atoms with Crippen molar-refractivity contribution in [2.75, 3.05) is 0 Å². The molecule has 0 amide bonds. The summed E-state index contributed by atoms with van der Waals surface area (Å²) in [5.74, 6) is -2.38. The molecule has 0 spiro atoms. The van der Waals surface area contributed by atoms with Gasteiger partial charge in [-0.05, 0) is 68.1 Å². The second-order valence-electron chi connectivity index (χ2n) is 8.11. The molecule has 0 saturated carbocycles. The number of carboxylic acid groups (broad SMARTS) is 1. The zero-order valence-electron chi connectivity index (χ0n) is 18.2. The number of fused-ring (bicyclic) bond motifs is 1. The Kier molecular flexibility index (Phi) is 5.57. The minimum atomic E-state index is -1.78. The van der Waals surface area contributed by atoms with E-state index in [2.05, 4.69) is 31.9 Å². The number of aromatic hydroxyl groups is 2. The Balaban J connectivity index is 2.25. The van der Waals surface area contributed by atoms with Crippen LogP contribution in [-0.4, -0.2) is 27.3 Å². The van der Waals surface area contributed by atoms with Crippen molar-refractivity contribution in [3.05, 3.63) is 89.3 Å². The lowest BCUT2D eigenvalue weighted by atomic mass is 9.76. The van der Waals surface area contributed by atoms with Gasteiger partial charge in [0.2, 0.25) is 0 Å². The number of carbonyl (C=O) groups excluding carboxylic acids is 1. The van der Waals surface area contributed by atoms with E-state index in [0.717, 1.165) is 11.1 Å². The molecular formula is C25H20Br2O6. The fraction of sp³-hybridized carbons (Fsp3) is 0.200. The first-order valence-electron chi connectivity index (χ1n) is 10.0. The van der Waals surface area contributed by atoms with E-state index < -0.39 is 17.5 Å². The first-order valence-corrected chi connectivity index (χ1v) is 11.6. The summed E-state index contributed by atoms with van der Waals surface area (Å²) in [6.45, 7) is 7.12. The minimum absolute atomic E-state index is 0.118. The third-order valence-electron chi connectivity index (χ3n) is 6.49. The molecule has 3 N–H and O–H groups in total. The molecule has 33 heavy (non-hydrogen) atoms. The predicted molar refractivity (Wildman–Crippen MR) is 129 cm³/mol. The van der Waals surface area contributed by atoms with Crippen LogP contribution >= 0.6 is 31.9 Å². The molecule has 0 saturated heterocycles. The highest BCUT2D eigenvalue weighted by Crippen LogP contribution is 2.55. The van der Waals surface area contributed by atoms with Crippen molar-refractivity contribution in [3.8, 4) is 11.5 Å². The molecule has 1 heterocycles. The monoisotopic (exact) mass is 574 g/mol. The Hall–Kier alpha value is -2.84. The molecule has 0 aliphatic carbocycles. The van der Waals surface area contributed by atoms with Crippen molar-refractivity contribution in [1.29, 1.82) is 0 Å². The number of rotatable bonds is 3. The Morgan fingerprint density at radius 2 is 1.33 bits per heavy atom. The van der Waals surface area contributed by atoms with E-state index in [0.29, 0.717) is 20.1 Å². The summed E-state index contributed by atoms with van der Waals surface area (Å²) in [7, 11) is 0. The van der Waals surface area contributed by atoms with Gasteiger partial charge in [-0.1, -0.05) is 44.0 Å². The van der Waals surface area contributed by atoms with Gasteiger partial charge in [-0.3, -0.25) is 0 Å². The minimum Gasteiger partial charge on any atom is -0.507 e. The highest BCUT2D eigenvalue weighted by Gasteiger charge is 2.53. The van der Waals surface area contributed by atoms with E-state index in [1.54, 1.807) is 32.0 Å². The van der Waals surface area contributed by atoms with Gasteiger partial charge >= 0.3 is 11.9 Å². The molecule has 0 atom stereocenters. The zero-order chi connectivity index (χ0) is 24.4. The molecule has 0 unspecified atom stereocenters. The van der Waals surface area contributed by atoms with Gasteiger partial charge in [-0.15, -0.1) is 0 Å². The Morgan fingerprint density at radius 3 is 1.79 bits per heavy atom. The predicted octanol–water partition coefficient (Wildman–Crippen LogP) is 6.02. The van der Waals surface area contributed by atoms with Crippen molar-refractivity contribution in [2.45, 2.75) is 33.3 Å². The van der Waals surface area contributed by atoms with E-state index in [4.69, 9.17) is 4.74 Å². The standard InChI is InChI=1S/C25H20Br2O6/c1-10-12(3)21(28)16(8-18(10)26)25(17-9-19(27)11(2)13(4)22(17)29)15-7-5-6-14(23(30)31)20(15)24(32)33-25/h5-9,28-29H,1-4H3,(H,30,31). The number of carboxylic acids is 1. The van der Waals surface area contributed by atoms with Gasteiger partial charge in [0.15, 0.2) is 5.60 Å². The van der Waals surface area contributed by atoms with Crippen molar-refractivity contribution < 1.29 is 29.6 Å². The van der Waals surface area contributed by atoms with Gasteiger partial charge in [0, 0.05) is 25.6 Å². The fourth-order valence-electron chi connectivity index (χ4n) is 4.29. The van der Waals surface area contributed by atoms with Crippen molar-refractivity contribution in [2.24, 2.45) is 0 Å². The maximum Gasteiger partial charge on any atom is 0.341 e. The summed E-state index contributed by atoms with van der Waals surface area (Å²) >= 11 is 7.02. The highest BCUT2D eigenvalue weighted by molar-refractivity contribution is 9.10. The normalized spacial score (nSPS) is 14.2. The Morgan fingerprint density at radius 1 is 0.848 bits per heavy atom. The average Bonchev–Trinajstić information content (AvgIpc) is 3.08. The van der Waals surface area contributed by atoms with E-state index >= 15 is 0 Å².